The largest absolute Gasteiger partial charge is 0.456 e. The predicted molar refractivity (Wildman–Crippen MR) is 160 cm³/mol. The molecule has 3 aromatic heterocycles. The molecule has 1 atom stereocenters. The van der Waals surface area contributed by atoms with E-state index >= 15 is 0 Å². The average Bonchev–Trinajstić information content (AvgIpc) is 3.43. The normalized spacial score (nSPS) is 12.7. The van der Waals surface area contributed by atoms with Gasteiger partial charge in [-0.15, -0.1) is 0 Å². The number of aryl methyl sites for hydroxylation is 1. The monoisotopic (exact) mass is 584 g/mol. The smallest absolute Gasteiger partial charge is 0.228 e. The first-order valence-electron chi connectivity index (χ1n) is 13.4. The molecule has 3 heterocycles. The molecular weight excluding hydrogens is 552 g/mol. The lowest BCUT2D eigenvalue weighted by Crippen LogP contribution is -2.22. The number of amides is 1. The lowest BCUT2D eigenvalue weighted by molar-refractivity contribution is -0.115. The zero-order valence-electron chi connectivity index (χ0n) is 24.1. The molecule has 5 rings (SSSR count). The molecule has 216 valence electrons. The van der Waals surface area contributed by atoms with Gasteiger partial charge in [-0.25, -0.2) is 8.42 Å². The second-order valence-corrected chi connectivity index (χ2v) is 13.4. The predicted octanol–water partition coefficient (Wildman–Crippen LogP) is 5.79. The first-order valence-corrected chi connectivity index (χ1v) is 15.0. The summed E-state index contributed by atoms with van der Waals surface area (Å²) in [6, 6.07) is 15.3. The molecule has 1 N–H and O–H groups in total. The number of hydrogen-bond acceptors (Lipinski definition) is 8. The summed E-state index contributed by atoms with van der Waals surface area (Å²) >= 11 is 0. The van der Waals surface area contributed by atoms with Crippen LogP contribution in [0.5, 0.6) is 11.5 Å². The molecule has 0 aliphatic rings. The molecule has 0 fully saturated rings. The molecule has 11 heteroatoms. The molecule has 2 aromatic carbocycles. The maximum absolute atomic E-state index is 13.4. The molecule has 5 aromatic rings. The number of hydrogen-bond donors (Lipinski definition) is 1. The van der Waals surface area contributed by atoms with Crippen molar-refractivity contribution in [1.29, 1.82) is 0 Å². The van der Waals surface area contributed by atoms with Gasteiger partial charge in [0, 0.05) is 24.0 Å². The lowest BCUT2D eigenvalue weighted by Gasteiger charge is -2.18. The number of nitrogens with zero attached hydrogens (tertiary/aromatic N) is 5. The minimum Gasteiger partial charge on any atom is -0.456 e. The van der Waals surface area contributed by atoms with Crippen LogP contribution in [-0.4, -0.2) is 39.3 Å². The first kappa shape index (κ1) is 28.9. The number of nitrogens with one attached hydrogen (secondary N) is 1. The molecule has 0 aliphatic heterocycles. The van der Waals surface area contributed by atoms with Crippen molar-refractivity contribution in [3.05, 3.63) is 96.2 Å². The van der Waals surface area contributed by atoms with E-state index in [2.05, 4.69) is 25.6 Å². The van der Waals surface area contributed by atoms with Crippen LogP contribution >= 0.6 is 0 Å². The Hall–Kier alpha value is -4.64. The van der Waals surface area contributed by atoms with Gasteiger partial charge in [0.15, 0.2) is 9.84 Å². The number of sulfone groups is 1. The fourth-order valence-electron chi connectivity index (χ4n) is 4.46. The van der Waals surface area contributed by atoms with E-state index in [0.717, 1.165) is 11.1 Å². The van der Waals surface area contributed by atoms with Crippen molar-refractivity contribution in [1.82, 2.24) is 25.0 Å². The van der Waals surface area contributed by atoms with Gasteiger partial charge in [0.25, 0.3) is 0 Å². The second kappa shape index (κ2) is 11.3. The van der Waals surface area contributed by atoms with Gasteiger partial charge in [0.2, 0.25) is 5.91 Å². The minimum absolute atomic E-state index is 0.136. The summed E-state index contributed by atoms with van der Waals surface area (Å²) in [5.41, 5.74) is 3.08. The van der Waals surface area contributed by atoms with Crippen LogP contribution in [0.15, 0.2) is 84.3 Å². The summed E-state index contributed by atoms with van der Waals surface area (Å²) in [4.78, 5) is 17.2. The average molecular weight is 585 g/mol. The summed E-state index contributed by atoms with van der Waals surface area (Å²) in [6.07, 6.45) is 6.75. The van der Waals surface area contributed by atoms with Gasteiger partial charge in [-0.1, -0.05) is 12.1 Å². The summed E-state index contributed by atoms with van der Waals surface area (Å²) in [5, 5.41) is 14.7. The van der Waals surface area contributed by atoms with Crippen LogP contribution in [0.3, 0.4) is 0 Å². The van der Waals surface area contributed by atoms with Crippen molar-refractivity contribution in [3.8, 4) is 11.5 Å². The van der Waals surface area contributed by atoms with Crippen LogP contribution in [0.1, 0.15) is 49.8 Å². The van der Waals surface area contributed by atoms with Crippen LogP contribution in [0, 0.1) is 6.92 Å². The standard InChI is InChI=1S/C31H32N6O4S/c1-20-15-22(16-30(38)35-23-18-34-37(19-23)31(3,4)5)8-11-28(20)41-29-12-14-32-27-10-9-24(17-25(27)29)42(39,40)21(2)26-7-6-13-33-36-26/h6-15,17-19,21H,16H2,1-5H3,(H,35,38)/t21-/m1/s1. The molecule has 0 radical (unpaired) electrons. The van der Waals surface area contributed by atoms with Crippen molar-refractivity contribution < 1.29 is 17.9 Å². The van der Waals surface area contributed by atoms with E-state index in [1.54, 1.807) is 66.5 Å². The SMILES string of the molecule is Cc1cc(CC(=O)Nc2cnn(C(C)(C)C)c2)ccc1Oc1ccnc2ccc(S(=O)(=O)[C@H](C)c3cccnn3)cc12. The zero-order valence-corrected chi connectivity index (χ0v) is 24.9. The van der Waals surface area contributed by atoms with Crippen molar-refractivity contribution in [2.75, 3.05) is 5.32 Å². The van der Waals surface area contributed by atoms with E-state index in [9.17, 15) is 13.2 Å². The fourth-order valence-corrected chi connectivity index (χ4v) is 5.85. The highest BCUT2D eigenvalue weighted by atomic mass is 32.2. The number of carbonyl (C=O) groups excluding carboxylic acids is 1. The molecule has 42 heavy (non-hydrogen) atoms. The van der Waals surface area contributed by atoms with Gasteiger partial charge in [-0.2, -0.15) is 15.3 Å². The number of fused-ring (bicyclic) bond motifs is 1. The Labute approximate surface area is 244 Å². The fraction of sp³-hybridized carbons (Fsp3) is 0.258. The molecule has 0 bridgehead atoms. The van der Waals surface area contributed by atoms with E-state index in [0.29, 0.717) is 33.8 Å². The number of benzene rings is 2. The maximum Gasteiger partial charge on any atom is 0.228 e. The second-order valence-electron chi connectivity index (χ2n) is 11.1. The number of aromatic nitrogens is 5. The van der Waals surface area contributed by atoms with Gasteiger partial charge in [-0.3, -0.25) is 14.5 Å². The van der Waals surface area contributed by atoms with E-state index in [-0.39, 0.29) is 22.8 Å². The quantitative estimate of drug-likeness (QED) is 0.243. The van der Waals surface area contributed by atoms with Crippen molar-refractivity contribution in [2.45, 2.75) is 56.7 Å². The van der Waals surface area contributed by atoms with E-state index in [1.807, 2.05) is 46.0 Å². The van der Waals surface area contributed by atoms with E-state index < -0.39 is 15.1 Å². The Morgan fingerprint density at radius 3 is 2.55 bits per heavy atom. The van der Waals surface area contributed by atoms with Gasteiger partial charge in [0.05, 0.1) is 40.0 Å². The first-order chi connectivity index (χ1) is 19.9. The van der Waals surface area contributed by atoms with Gasteiger partial charge in [-0.05, 0) is 88.2 Å². The van der Waals surface area contributed by atoms with E-state index in [1.165, 1.54) is 6.20 Å². The number of rotatable bonds is 8. The Bertz CT molecular complexity index is 1860. The van der Waals surface area contributed by atoms with Crippen molar-refractivity contribution in [3.63, 3.8) is 0 Å². The topological polar surface area (TPSA) is 129 Å². The highest BCUT2D eigenvalue weighted by Gasteiger charge is 2.27. The summed E-state index contributed by atoms with van der Waals surface area (Å²) in [7, 11) is -3.76. The molecular formula is C31H32N6O4S. The van der Waals surface area contributed by atoms with Crippen LogP contribution in [0.4, 0.5) is 5.69 Å². The molecule has 0 saturated heterocycles. The Kier molecular flexibility index (Phi) is 7.79. The Balaban J connectivity index is 1.34. The van der Waals surface area contributed by atoms with E-state index in [4.69, 9.17) is 4.74 Å². The molecule has 0 aliphatic carbocycles. The third-order valence-corrected chi connectivity index (χ3v) is 8.94. The number of anilines is 1. The minimum atomic E-state index is -3.76. The third kappa shape index (κ3) is 6.15. The molecule has 0 unspecified atom stereocenters. The molecule has 10 nitrogen and oxygen atoms in total. The Morgan fingerprint density at radius 2 is 1.86 bits per heavy atom. The summed E-state index contributed by atoms with van der Waals surface area (Å²) in [5.74, 6) is 0.897. The maximum atomic E-state index is 13.4. The summed E-state index contributed by atoms with van der Waals surface area (Å²) < 4.78 is 34.9. The van der Waals surface area contributed by atoms with Gasteiger partial charge in [0.1, 0.15) is 16.7 Å². The molecule has 0 spiro atoms. The highest BCUT2D eigenvalue weighted by molar-refractivity contribution is 7.91. The van der Waals surface area contributed by atoms with Crippen molar-refractivity contribution in [2.24, 2.45) is 0 Å². The highest BCUT2D eigenvalue weighted by Crippen LogP contribution is 2.35. The van der Waals surface area contributed by atoms with Gasteiger partial charge < -0.3 is 10.1 Å². The molecule has 0 saturated carbocycles. The molecule has 1 amide bonds. The van der Waals surface area contributed by atoms with Crippen LogP contribution < -0.4 is 10.1 Å². The van der Waals surface area contributed by atoms with Crippen molar-refractivity contribution >= 4 is 32.3 Å². The van der Waals surface area contributed by atoms with Gasteiger partial charge >= 0.3 is 0 Å². The number of pyridine rings is 1. The Morgan fingerprint density at radius 1 is 1.05 bits per heavy atom. The van der Waals surface area contributed by atoms with Crippen LogP contribution in [0.2, 0.25) is 0 Å². The zero-order chi connectivity index (χ0) is 30.1. The van der Waals surface area contributed by atoms with Crippen LogP contribution in [0.25, 0.3) is 10.9 Å². The lowest BCUT2D eigenvalue weighted by atomic mass is 10.1. The number of ether oxygens (including phenoxy) is 1. The summed E-state index contributed by atoms with van der Waals surface area (Å²) in [6.45, 7) is 9.60. The third-order valence-electron chi connectivity index (χ3n) is 6.85. The number of carbonyl (C=O) groups is 1. The van der Waals surface area contributed by atoms with Crippen LogP contribution in [-0.2, 0) is 26.6 Å².